The van der Waals surface area contributed by atoms with Crippen molar-refractivity contribution in [3.05, 3.63) is 53.1 Å². The van der Waals surface area contributed by atoms with Gasteiger partial charge in [-0.2, -0.15) is 13.2 Å². The van der Waals surface area contributed by atoms with E-state index in [0.717, 1.165) is 38.4 Å². The molecule has 222 valence electrons. The quantitative estimate of drug-likeness (QED) is 0.397. The fourth-order valence-electron chi connectivity index (χ4n) is 3.66. The molecule has 2 aromatic rings. The summed E-state index contributed by atoms with van der Waals surface area (Å²) in [5.74, 6) is -2.88. The van der Waals surface area contributed by atoms with E-state index in [1.54, 1.807) is 17.0 Å². The highest BCUT2D eigenvalue weighted by atomic mass is 35.5. The molecule has 10 nitrogen and oxygen atoms in total. The number of rotatable bonds is 9. The predicted octanol–water partition coefficient (Wildman–Crippen LogP) is 3.21. The van der Waals surface area contributed by atoms with E-state index in [-0.39, 0.29) is 10.8 Å². The highest BCUT2D eigenvalue weighted by Gasteiger charge is 2.38. The number of anilines is 2. The first-order valence-electron chi connectivity index (χ1n) is 12.3. The average Bonchev–Trinajstić information content (AvgIpc) is 2.89. The maximum atomic E-state index is 13.2. The lowest BCUT2D eigenvalue weighted by molar-refractivity contribution is -0.192. The molecule has 1 aliphatic heterocycles. The van der Waals surface area contributed by atoms with Crippen LogP contribution in [0.5, 0.6) is 0 Å². The van der Waals surface area contributed by atoms with E-state index in [4.69, 9.17) is 21.5 Å². The lowest BCUT2D eigenvalue weighted by atomic mass is 10.1. The van der Waals surface area contributed by atoms with Gasteiger partial charge in [-0.25, -0.2) is 13.2 Å². The summed E-state index contributed by atoms with van der Waals surface area (Å²) in [6.07, 6.45) is -5.08. The third kappa shape index (κ3) is 9.84. The second kappa shape index (κ2) is 14.5. The SMILES string of the molecule is CCN(CCN(C)C)C(=O)c1ccc(N2CCNCC2)c(NS(=O)(=O)c2ccc(Cl)cc2)c1.O=C(O)C(F)(F)F. The fourth-order valence-corrected chi connectivity index (χ4v) is 4.85. The van der Waals surface area contributed by atoms with Crippen LogP contribution < -0.4 is 14.9 Å². The van der Waals surface area contributed by atoms with Gasteiger partial charge in [-0.15, -0.1) is 0 Å². The van der Waals surface area contributed by atoms with Gasteiger partial charge in [0.2, 0.25) is 0 Å². The van der Waals surface area contributed by atoms with Crippen molar-refractivity contribution in [1.29, 1.82) is 0 Å². The Morgan fingerprint density at radius 1 is 1.07 bits per heavy atom. The minimum absolute atomic E-state index is 0.107. The number of nitrogens with one attached hydrogen (secondary N) is 2. The van der Waals surface area contributed by atoms with Crippen LogP contribution in [0.1, 0.15) is 17.3 Å². The van der Waals surface area contributed by atoms with Crippen molar-refractivity contribution in [2.24, 2.45) is 0 Å². The van der Waals surface area contributed by atoms with E-state index in [1.165, 1.54) is 24.3 Å². The summed E-state index contributed by atoms with van der Waals surface area (Å²) >= 11 is 5.92. The first kappa shape index (κ1) is 33.1. The van der Waals surface area contributed by atoms with Gasteiger partial charge in [0, 0.05) is 56.4 Å². The molecule has 3 rings (SSSR count). The fraction of sp³-hybridized carbons (Fsp3) is 0.440. The third-order valence-corrected chi connectivity index (χ3v) is 7.43. The molecule has 0 atom stereocenters. The Morgan fingerprint density at radius 3 is 2.15 bits per heavy atom. The minimum atomic E-state index is -5.08. The first-order chi connectivity index (χ1) is 18.7. The molecule has 1 aliphatic rings. The minimum Gasteiger partial charge on any atom is -0.475 e. The number of amides is 1. The predicted molar refractivity (Wildman–Crippen MR) is 148 cm³/mol. The van der Waals surface area contributed by atoms with Gasteiger partial charge in [-0.1, -0.05) is 11.6 Å². The second-order valence-corrected chi connectivity index (χ2v) is 11.1. The lowest BCUT2D eigenvalue weighted by Gasteiger charge is -2.31. The number of nitrogens with zero attached hydrogens (tertiary/aromatic N) is 3. The summed E-state index contributed by atoms with van der Waals surface area (Å²) in [6, 6.07) is 11.3. The molecule has 3 N–H and O–H groups in total. The molecule has 1 amide bonds. The van der Waals surface area contributed by atoms with Crippen molar-refractivity contribution >= 4 is 44.9 Å². The Labute approximate surface area is 236 Å². The summed E-state index contributed by atoms with van der Waals surface area (Å²) < 4.78 is 60.7. The highest BCUT2D eigenvalue weighted by molar-refractivity contribution is 7.92. The van der Waals surface area contributed by atoms with Crippen LogP contribution in [-0.4, -0.2) is 101 Å². The van der Waals surface area contributed by atoms with Gasteiger partial charge >= 0.3 is 12.1 Å². The number of halogens is 4. The van der Waals surface area contributed by atoms with Crippen LogP contribution in [0.25, 0.3) is 0 Å². The summed E-state index contributed by atoms with van der Waals surface area (Å²) in [6.45, 7) is 6.93. The van der Waals surface area contributed by atoms with Crippen LogP contribution >= 0.6 is 11.6 Å². The Morgan fingerprint density at radius 2 is 1.65 bits per heavy atom. The van der Waals surface area contributed by atoms with Crippen LogP contribution in [0.15, 0.2) is 47.4 Å². The largest absolute Gasteiger partial charge is 0.490 e. The number of piperazine rings is 1. The number of sulfonamides is 1. The number of aliphatic carboxylic acids is 1. The number of carbonyl (C=O) groups excluding carboxylic acids is 1. The Kier molecular flexibility index (Phi) is 12.0. The number of carboxylic acid groups (broad SMARTS) is 1. The zero-order chi connectivity index (χ0) is 30.1. The van der Waals surface area contributed by atoms with Crippen molar-refractivity contribution in [2.75, 3.05) is 69.5 Å². The van der Waals surface area contributed by atoms with Gasteiger partial charge in [-0.05, 0) is 63.5 Å². The lowest BCUT2D eigenvalue weighted by Crippen LogP contribution is -2.44. The molecule has 0 bridgehead atoms. The molecule has 0 aliphatic carbocycles. The molecule has 15 heteroatoms. The number of benzene rings is 2. The number of alkyl halides is 3. The summed E-state index contributed by atoms with van der Waals surface area (Å²) in [4.78, 5) is 28.1. The number of hydrogen-bond donors (Lipinski definition) is 3. The van der Waals surface area contributed by atoms with Gasteiger partial charge in [0.15, 0.2) is 0 Å². The van der Waals surface area contributed by atoms with E-state index in [9.17, 15) is 26.4 Å². The molecule has 0 aromatic heterocycles. The van der Waals surface area contributed by atoms with E-state index in [2.05, 4.69) is 14.9 Å². The normalized spacial score (nSPS) is 13.8. The summed E-state index contributed by atoms with van der Waals surface area (Å²) in [7, 11) is 0.0616. The van der Waals surface area contributed by atoms with Gasteiger partial charge in [0.25, 0.3) is 15.9 Å². The first-order valence-corrected chi connectivity index (χ1v) is 14.1. The number of carbonyl (C=O) groups is 2. The van der Waals surface area contributed by atoms with Gasteiger partial charge in [0.05, 0.1) is 16.3 Å². The third-order valence-electron chi connectivity index (χ3n) is 5.80. The van der Waals surface area contributed by atoms with Crippen molar-refractivity contribution in [1.82, 2.24) is 15.1 Å². The van der Waals surface area contributed by atoms with E-state index in [1.807, 2.05) is 32.0 Å². The van der Waals surface area contributed by atoms with Gasteiger partial charge < -0.3 is 25.1 Å². The highest BCUT2D eigenvalue weighted by Crippen LogP contribution is 2.30. The number of hydrogen-bond acceptors (Lipinski definition) is 7. The Bertz CT molecular complexity index is 1250. The molecule has 0 unspecified atom stereocenters. The number of carboxylic acids is 1. The van der Waals surface area contributed by atoms with Crippen molar-refractivity contribution in [3.63, 3.8) is 0 Å². The van der Waals surface area contributed by atoms with Crippen LogP contribution in [0.4, 0.5) is 24.5 Å². The van der Waals surface area contributed by atoms with E-state index >= 15 is 0 Å². The van der Waals surface area contributed by atoms with Crippen LogP contribution in [0.2, 0.25) is 5.02 Å². The molecular weight excluding hydrogens is 575 g/mol. The van der Waals surface area contributed by atoms with Gasteiger partial charge in [-0.3, -0.25) is 9.52 Å². The summed E-state index contributed by atoms with van der Waals surface area (Å²) in [5, 5.41) is 10.9. The van der Waals surface area contributed by atoms with E-state index < -0.39 is 22.2 Å². The molecular formula is C25H33ClF3N5O5S. The monoisotopic (exact) mass is 607 g/mol. The van der Waals surface area contributed by atoms with Crippen molar-refractivity contribution in [3.8, 4) is 0 Å². The molecule has 2 aromatic carbocycles. The number of likely N-dealkylation sites (N-methyl/N-ethyl adjacent to an activating group) is 2. The zero-order valence-corrected chi connectivity index (χ0v) is 23.9. The molecule has 1 heterocycles. The Balaban J connectivity index is 0.000000708. The maximum absolute atomic E-state index is 13.2. The smallest absolute Gasteiger partial charge is 0.475 e. The average molecular weight is 608 g/mol. The van der Waals surface area contributed by atoms with Crippen LogP contribution in [0.3, 0.4) is 0 Å². The molecule has 40 heavy (non-hydrogen) atoms. The maximum Gasteiger partial charge on any atom is 0.490 e. The molecule has 0 radical (unpaired) electrons. The van der Waals surface area contributed by atoms with Gasteiger partial charge in [0.1, 0.15) is 0 Å². The molecule has 1 fully saturated rings. The topological polar surface area (TPSA) is 122 Å². The van der Waals surface area contributed by atoms with Crippen molar-refractivity contribution in [2.45, 2.75) is 18.0 Å². The molecule has 1 saturated heterocycles. The second-order valence-electron chi connectivity index (χ2n) is 9.02. The van der Waals surface area contributed by atoms with Crippen LogP contribution in [0, 0.1) is 0 Å². The molecule has 0 spiro atoms. The standard InChI is InChI=1S/C23H32ClN5O3S.C2HF3O2/c1-4-28(16-15-27(2)3)23(30)18-5-10-22(29-13-11-25-12-14-29)21(17-18)26-33(31,32)20-8-6-19(24)7-9-20;3-2(4,5)1(6)7/h5-10,17,25-26H,4,11-16H2,1-3H3;(H,6,7). The Hall–Kier alpha value is -3.07. The molecule has 0 saturated carbocycles. The van der Waals surface area contributed by atoms with E-state index in [0.29, 0.717) is 29.4 Å². The van der Waals surface area contributed by atoms with Crippen LogP contribution in [-0.2, 0) is 14.8 Å². The zero-order valence-electron chi connectivity index (χ0n) is 22.3. The summed E-state index contributed by atoms with van der Waals surface area (Å²) in [5.41, 5.74) is 1.59. The van der Waals surface area contributed by atoms with Crippen molar-refractivity contribution < 1.29 is 36.3 Å².